The fourth-order valence-electron chi connectivity index (χ4n) is 4.10. The number of likely N-dealkylation sites (tertiary alicyclic amines) is 1. The minimum Gasteiger partial charge on any atom is -0.356 e. The predicted octanol–water partition coefficient (Wildman–Crippen LogP) is 3.78. The van der Waals surface area contributed by atoms with Gasteiger partial charge in [-0.05, 0) is 63.0 Å². The third-order valence-corrected chi connectivity index (χ3v) is 5.95. The van der Waals surface area contributed by atoms with Crippen LogP contribution >= 0.6 is 0 Å². The number of allylic oxidation sites excluding steroid dienone is 1. The highest BCUT2D eigenvalue weighted by Gasteiger charge is 2.27. The van der Waals surface area contributed by atoms with Gasteiger partial charge < -0.3 is 10.2 Å². The zero-order chi connectivity index (χ0) is 19.1. The molecule has 1 fully saturated rings. The fourth-order valence-corrected chi connectivity index (χ4v) is 4.10. The second kappa shape index (κ2) is 9.72. The molecule has 27 heavy (non-hydrogen) atoms. The van der Waals surface area contributed by atoms with Crippen molar-refractivity contribution in [2.24, 2.45) is 5.92 Å². The van der Waals surface area contributed by atoms with Gasteiger partial charge >= 0.3 is 0 Å². The maximum Gasteiger partial charge on any atom is 0.226 e. The van der Waals surface area contributed by atoms with Crippen molar-refractivity contribution in [2.45, 2.75) is 58.3 Å². The molecule has 4 heteroatoms. The van der Waals surface area contributed by atoms with E-state index in [1.165, 1.54) is 31.3 Å². The number of amides is 2. The van der Waals surface area contributed by atoms with Crippen molar-refractivity contribution in [3.05, 3.63) is 47.0 Å². The smallest absolute Gasteiger partial charge is 0.226 e. The van der Waals surface area contributed by atoms with Crippen molar-refractivity contribution in [2.75, 3.05) is 19.6 Å². The Kier molecular flexibility index (Phi) is 7.08. The molecule has 1 heterocycles. The van der Waals surface area contributed by atoms with Gasteiger partial charge in [0.15, 0.2) is 0 Å². The molecule has 2 amide bonds. The van der Waals surface area contributed by atoms with Crippen molar-refractivity contribution < 1.29 is 9.59 Å². The fraction of sp³-hybridized carbons (Fsp3) is 0.565. The monoisotopic (exact) mass is 368 g/mol. The SMILES string of the molecule is Cc1ccccc1CC(=O)N1CCC(C(=O)NCCC2=CCCCC2)CC1. The van der Waals surface area contributed by atoms with Gasteiger partial charge in [0, 0.05) is 25.6 Å². The van der Waals surface area contributed by atoms with Gasteiger partial charge in [0.25, 0.3) is 0 Å². The van der Waals surface area contributed by atoms with Crippen LogP contribution in [0.3, 0.4) is 0 Å². The van der Waals surface area contributed by atoms with E-state index < -0.39 is 0 Å². The molecule has 0 saturated carbocycles. The molecule has 0 radical (unpaired) electrons. The van der Waals surface area contributed by atoms with E-state index in [-0.39, 0.29) is 17.7 Å². The molecule has 1 N–H and O–H groups in total. The summed E-state index contributed by atoms with van der Waals surface area (Å²) in [7, 11) is 0. The van der Waals surface area contributed by atoms with E-state index in [0.717, 1.165) is 36.9 Å². The van der Waals surface area contributed by atoms with Crippen LogP contribution in [0, 0.1) is 12.8 Å². The second-order valence-electron chi connectivity index (χ2n) is 7.91. The van der Waals surface area contributed by atoms with Crippen molar-refractivity contribution >= 4 is 11.8 Å². The number of carbonyl (C=O) groups is 2. The molecular weight excluding hydrogens is 336 g/mol. The van der Waals surface area contributed by atoms with Crippen molar-refractivity contribution in [3.63, 3.8) is 0 Å². The van der Waals surface area contributed by atoms with Gasteiger partial charge in [-0.15, -0.1) is 0 Å². The van der Waals surface area contributed by atoms with Crippen LogP contribution in [0.1, 0.15) is 56.1 Å². The van der Waals surface area contributed by atoms with E-state index in [2.05, 4.69) is 11.4 Å². The Morgan fingerprint density at radius 2 is 1.93 bits per heavy atom. The molecule has 0 aromatic heterocycles. The number of benzene rings is 1. The number of nitrogens with one attached hydrogen (secondary N) is 1. The lowest BCUT2D eigenvalue weighted by Gasteiger charge is -2.31. The first-order valence-electron chi connectivity index (χ1n) is 10.4. The summed E-state index contributed by atoms with van der Waals surface area (Å²) >= 11 is 0. The molecule has 1 aliphatic carbocycles. The van der Waals surface area contributed by atoms with Gasteiger partial charge in [-0.1, -0.05) is 35.9 Å². The zero-order valence-electron chi connectivity index (χ0n) is 16.5. The van der Waals surface area contributed by atoms with Crippen LogP contribution in [0.4, 0.5) is 0 Å². The second-order valence-corrected chi connectivity index (χ2v) is 7.91. The highest BCUT2D eigenvalue weighted by Crippen LogP contribution is 2.21. The number of hydrogen-bond acceptors (Lipinski definition) is 2. The number of aryl methyl sites for hydroxylation is 1. The predicted molar refractivity (Wildman–Crippen MR) is 108 cm³/mol. The first-order chi connectivity index (χ1) is 13.1. The Hall–Kier alpha value is -2.10. The Balaban J connectivity index is 1.39. The van der Waals surface area contributed by atoms with Crippen LogP contribution in [0.15, 0.2) is 35.9 Å². The molecule has 0 spiro atoms. The van der Waals surface area contributed by atoms with Crippen LogP contribution < -0.4 is 5.32 Å². The molecule has 1 aromatic rings. The Bertz CT molecular complexity index is 687. The summed E-state index contributed by atoms with van der Waals surface area (Å²) in [5, 5.41) is 3.11. The molecule has 146 valence electrons. The highest BCUT2D eigenvalue weighted by molar-refractivity contribution is 5.81. The van der Waals surface area contributed by atoms with E-state index in [1.807, 2.05) is 36.1 Å². The summed E-state index contributed by atoms with van der Waals surface area (Å²) in [6.45, 7) is 4.17. The minimum absolute atomic E-state index is 0.0489. The van der Waals surface area contributed by atoms with E-state index in [0.29, 0.717) is 19.5 Å². The minimum atomic E-state index is 0.0489. The lowest BCUT2D eigenvalue weighted by Crippen LogP contribution is -2.43. The standard InChI is InChI=1S/C23H32N2O2/c1-18-7-5-6-10-21(18)17-22(26)25-15-12-20(13-16-25)23(27)24-14-11-19-8-3-2-4-9-19/h5-8,10,20H,2-4,9,11-17H2,1H3,(H,24,27). The number of piperidine rings is 1. The molecule has 1 aliphatic heterocycles. The summed E-state index contributed by atoms with van der Waals surface area (Å²) in [5.74, 6) is 0.387. The summed E-state index contributed by atoms with van der Waals surface area (Å²) in [6.07, 6.45) is 10.3. The maximum atomic E-state index is 12.6. The third-order valence-electron chi connectivity index (χ3n) is 5.95. The van der Waals surface area contributed by atoms with Crippen LogP contribution in [-0.4, -0.2) is 36.3 Å². The van der Waals surface area contributed by atoms with Gasteiger partial charge in [-0.25, -0.2) is 0 Å². The summed E-state index contributed by atoms with van der Waals surface area (Å²) in [6, 6.07) is 8.05. The summed E-state index contributed by atoms with van der Waals surface area (Å²) < 4.78 is 0. The van der Waals surface area contributed by atoms with Gasteiger partial charge in [0.05, 0.1) is 6.42 Å². The molecule has 0 atom stereocenters. The normalized spacial score (nSPS) is 18.1. The first kappa shape index (κ1) is 19.7. The number of hydrogen-bond donors (Lipinski definition) is 1. The summed E-state index contributed by atoms with van der Waals surface area (Å²) in [5.41, 5.74) is 3.76. The number of nitrogens with zero attached hydrogens (tertiary/aromatic N) is 1. The quantitative estimate of drug-likeness (QED) is 0.777. The van der Waals surface area contributed by atoms with Crippen molar-refractivity contribution in [1.29, 1.82) is 0 Å². The van der Waals surface area contributed by atoms with E-state index in [1.54, 1.807) is 0 Å². The largest absolute Gasteiger partial charge is 0.356 e. The van der Waals surface area contributed by atoms with Gasteiger partial charge in [-0.3, -0.25) is 9.59 Å². The third kappa shape index (κ3) is 5.69. The molecular formula is C23H32N2O2. The molecule has 2 aliphatic rings. The lowest BCUT2D eigenvalue weighted by atomic mass is 9.94. The van der Waals surface area contributed by atoms with Crippen LogP contribution in [0.25, 0.3) is 0 Å². The highest BCUT2D eigenvalue weighted by atomic mass is 16.2. The average molecular weight is 369 g/mol. The van der Waals surface area contributed by atoms with Crippen LogP contribution in [-0.2, 0) is 16.0 Å². The topological polar surface area (TPSA) is 49.4 Å². The van der Waals surface area contributed by atoms with Gasteiger partial charge in [-0.2, -0.15) is 0 Å². The molecule has 0 unspecified atom stereocenters. The number of carbonyl (C=O) groups excluding carboxylic acids is 2. The Morgan fingerprint density at radius 3 is 2.63 bits per heavy atom. The molecule has 1 aromatic carbocycles. The molecule has 1 saturated heterocycles. The van der Waals surface area contributed by atoms with E-state index >= 15 is 0 Å². The summed E-state index contributed by atoms with van der Waals surface area (Å²) in [4.78, 5) is 26.9. The zero-order valence-corrected chi connectivity index (χ0v) is 16.5. The van der Waals surface area contributed by atoms with Crippen molar-refractivity contribution in [3.8, 4) is 0 Å². The van der Waals surface area contributed by atoms with E-state index in [9.17, 15) is 9.59 Å². The Labute approximate surface area is 163 Å². The average Bonchev–Trinajstić information content (AvgIpc) is 2.70. The molecule has 0 bridgehead atoms. The van der Waals surface area contributed by atoms with Gasteiger partial charge in [0.2, 0.25) is 11.8 Å². The first-order valence-corrected chi connectivity index (χ1v) is 10.4. The van der Waals surface area contributed by atoms with Crippen LogP contribution in [0.5, 0.6) is 0 Å². The number of rotatable bonds is 6. The van der Waals surface area contributed by atoms with Gasteiger partial charge in [0.1, 0.15) is 0 Å². The molecule has 4 nitrogen and oxygen atoms in total. The maximum absolute atomic E-state index is 12.6. The molecule has 3 rings (SSSR count). The lowest BCUT2D eigenvalue weighted by molar-refractivity contribution is -0.135. The van der Waals surface area contributed by atoms with Crippen molar-refractivity contribution in [1.82, 2.24) is 10.2 Å². The van der Waals surface area contributed by atoms with Crippen LogP contribution in [0.2, 0.25) is 0 Å². The Morgan fingerprint density at radius 1 is 1.15 bits per heavy atom. The van der Waals surface area contributed by atoms with E-state index in [4.69, 9.17) is 0 Å².